The van der Waals surface area contributed by atoms with Gasteiger partial charge in [-0.1, -0.05) is 26.3 Å². The van der Waals surface area contributed by atoms with Crippen LogP contribution in [0, 0.1) is 11.8 Å². The molecule has 1 aliphatic heterocycles. The molecule has 1 aliphatic rings. The number of amides is 2. The minimum atomic E-state index is -1.38. The van der Waals surface area contributed by atoms with Crippen LogP contribution in [0.15, 0.2) is 18.2 Å². The molecule has 4 N–H and O–H groups in total. The molecule has 0 saturated carbocycles. The smallest absolute Gasteiger partial charge is 0.332 e. The molecule has 10 nitrogen and oxygen atoms in total. The maximum atomic E-state index is 12.8. The summed E-state index contributed by atoms with van der Waals surface area (Å²) in [6.07, 6.45) is -1.89. The second-order valence-electron chi connectivity index (χ2n) is 8.05. The number of para-hydroxylation sites is 1. The zero-order valence-electron chi connectivity index (χ0n) is 18.5. The summed E-state index contributed by atoms with van der Waals surface area (Å²) < 4.78 is 10.8. The predicted molar refractivity (Wildman–Crippen MR) is 114 cm³/mol. The van der Waals surface area contributed by atoms with Gasteiger partial charge in [-0.05, 0) is 38.3 Å². The van der Waals surface area contributed by atoms with Crippen molar-refractivity contribution in [1.82, 2.24) is 5.32 Å². The molecule has 1 fully saturated rings. The Hall–Kier alpha value is -3.14. The monoisotopic (exact) mass is 450 g/mol. The molecule has 10 heteroatoms. The van der Waals surface area contributed by atoms with Crippen LogP contribution < -0.4 is 10.6 Å². The van der Waals surface area contributed by atoms with Crippen molar-refractivity contribution in [1.29, 1.82) is 0 Å². The Balaban J connectivity index is 2.28. The van der Waals surface area contributed by atoms with Gasteiger partial charge in [0.2, 0.25) is 6.41 Å². The molecule has 0 bridgehead atoms. The Morgan fingerprint density at radius 3 is 2.47 bits per heavy atom. The summed E-state index contributed by atoms with van der Waals surface area (Å²) in [6.45, 7) is 6.80. The van der Waals surface area contributed by atoms with Crippen LogP contribution in [0.25, 0.3) is 0 Å². The van der Waals surface area contributed by atoms with Crippen molar-refractivity contribution < 1.29 is 38.9 Å². The molecule has 0 unspecified atom stereocenters. The van der Waals surface area contributed by atoms with E-state index in [1.165, 1.54) is 32.0 Å². The highest BCUT2D eigenvalue weighted by Gasteiger charge is 2.41. The number of phenols is 1. The van der Waals surface area contributed by atoms with Crippen molar-refractivity contribution in [3.8, 4) is 5.75 Å². The van der Waals surface area contributed by atoms with Gasteiger partial charge in [0.25, 0.3) is 5.91 Å². The van der Waals surface area contributed by atoms with E-state index in [9.17, 15) is 29.4 Å². The number of rotatable bonds is 7. The highest BCUT2D eigenvalue weighted by atomic mass is 16.6. The van der Waals surface area contributed by atoms with Crippen LogP contribution in [-0.4, -0.2) is 58.8 Å². The molecule has 1 heterocycles. The molecule has 2 rings (SSSR count). The number of aliphatic hydroxyl groups excluding tert-OH is 1. The summed E-state index contributed by atoms with van der Waals surface area (Å²) in [4.78, 5) is 48.9. The molecule has 1 saturated heterocycles. The molecule has 176 valence electrons. The van der Waals surface area contributed by atoms with Crippen molar-refractivity contribution >= 4 is 29.9 Å². The average Bonchev–Trinajstić information content (AvgIpc) is 2.77. The van der Waals surface area contributed by atoms with Crippen LogP contribution in [0.4, 0.5) is 5.69 Å². The van der Waals surface area contributed by atoms with Gasteiger partial charge in [0.1, 0.15) is 18.3 Å². The van der Waals surface area contributed by atoms with E-state index in [4.69, 9.17) is 9.47 Å². The van der Waals surface area contributed by atoms with Crippen molar-refractivity contribution in [3.63, 3.8) is 0 Å². The van der Waals surface area contributed by atoms with E-state index in [-0.39, 0.29) is 17.2 Å². The first kappa shape index (κ1) is 25.1. The molecule has 2 amide bonds. The van der Waals surface area contributed by atoms with Gasteiger partial charge in [-0.15, -0.1) is 0 Å². The number of ether oxygens (including phenoxy) is 2. The minimum absolute atomic E-state index is 0.00815. The number of aromatic hydroxyl groups is 1. The molecule has 0 radical (unpaired) electrons. The SMILES string of the molecule is CC[C@@H](C)C[C@H]1C(=O)O[C@H](C)[C@H](NC(=O)c2cccc(NC=O)c2O)C(=O)O[C@@H](C)[C@H]1O. The number of hydrogen-bond acceptors (Lipinski definition) is 8. The topological polar surface area (TPSA) is 151 Å². The largest absolute Gasteiger partial charge is 0.505 e. The van der Waals surface area contributed by atoms with E-state index < -0.39 is 53.9 Å². The van der Waals surface area contributed by atoms with E-state index >= 15 is 0 Å². The Bertz CT molecular complexity index is 858. The second-order valence-corrected chi connectivity index (χ2v) is 8.05. The van der Waals surface area contributed by atoms with E-state index in [0.717, 1.165) is 6.42 Å². The Labute approximate surface area is 186 Å². The Kier molecular flexibility index (Phi) is 8.59. The summed E-state index contributed by atoms with van der Waals surface area (Å²) in [6, 6.07) is 2.74. The lowest BCUT2D eigenvalue weighted by molar-refractivity contribution is -0.160. The van der Waals surface area contributed by atoms with Gasteiger partial charge in [0.15, 0.2) is 11.8 Å². The van der Waals surface area contributed by atoms with Crippen molar-refractivity contribution in [3.05, 3.63) is 23.8 Å². The normalized spacial score (nSPS) is 27.1. The van der Waals surface area contributed by atoms with Gasteiger partial charge in [0, 0.05) is 0 Å². The Morgan fingerprint density at radius 1 is 1.19 bits per heavy atom. The van der Waals surface area contributed by atoms with Gasteiger partial charge in [-0.25, -0.2) is 4.79 Å². The first-order valence-electron chi connectivity index (χ1n) is 10.5. The average molecular weight is 450 g/mol. The number of cyclic esters (lactones) is 2. The number of hydrogen-bond donors (Lipinski definition) is 4. The highest BCUT2D eigenvalue weighted by Crippen LogP contribution is 2.28. The Morgan fingerprint density at radius 2 is 1.84 bits per heavy atom. The summed E-state index contributed by atoms with van der Waals surface area (Å²) in [7, 11) is 0. The number of carbonyl (C=O) groups is 4. The van der Waals surface area contributed by atoms with Crippen molar-refractivity contribution in [2.75, 3.05) is 5.32 Å². The maximum absolute atomic E-state index is 12.8. The van der Waals surface area contributed by atoms with Crippen LogP contribution in [0.5, 0.6) is 5.75 Å². The lowest BCUT2D eigenvalue weighted by atomic mass is 9.88. The van der Waals surface area contributed by atoms with E-state index in [1.54, 1.807) is 0 Å². The maximum Gasteiger partial charge on any atom is 0.332 e. The number of carbonyl (C=O) groups excluding carboxylic acids is 4. The molecule has 0 spiro atoms. The fraction of sp³-hybridized carbons (Fsp3) is 0.545. The number of benzene rings is 1. The number of aliphatic hydroxyl groups is 1. The summed E-state index contributed by atoms with van der Waals surface area (Å²) in [5, 5.41) is 25.5. The van der Waals surface area contributed by atoms with Crippen LogP contribution in [0.1, 0.15) is 50.9 Å². The lowest BCUT2D eigenvalue weighted by Gasteiger charge is -2.26. The van der Waals surface area contributed by atoms with Gasteiger partial charge in [0.05, 0.1) is 17.2 Å². The molecular formula is C22H30N2O8. The number of phenolic OH excluding ortho intramolecular Hbond substituents is 1. The molecule has 1 aromatic rings. The highest BCUT2D eigenvalue weighted by molar-refractivity contribution is 6.01. The standard InChI is InChI=1S/C22H30N2O8/c1-5-11(2)9-15-18(26)13(4)32-22(30)17(12(3)31-21(15)29)24-20(28)14-7-6-8-16(19(14)27)23-10-25/h6-8,10-13,15,17-18,26-27H,5,9H2,1-4H3,(H,23,25)(H,24,28)/t11-,12-,13+,15-,17+,18-/m1/s1. The number of anilines is 1. The van der Waals surface area contributed by atoms with E-state index in [0.29, 0.717) is 12.8 Å². The third kappa shape index (κ3) is 5.76. The summed E-state index contributed by atoms with van der Waals surface area (Å²) in [5.74, 6) is -3.67. The van der Waals surface area contributed by atoms with Gasteiger partial charge in [-0.2, -0.15) is 0 Å². The lowest BCUT2D eigenvalue weighted by Crippen LogP contribution is -2.50. The number of esters is 2. The predicted octanol–water partition coefficient (Wildman–Crippen LogP) is 1.35. The van der Waals surface area contributed by atoms with Crippen LogP contribution in [0.3, 0.4) is 0 Å². The van der Waals surface area contributed by atoms with Crippen molar-refractivity contribution in [2.45, 2.75) is 64.9 Å². The van der Waals surface area contributed by atoms with Gasteiger partial charge >= 0.3 is 11.9 Å². The summed E-state index contributed by atoms with van der Waals surface area (Å²) in [5.41, 5.74) is -0.195. The zero-order valence-corrected chi connectivity index (χ0v) is 18.5. The molecule has 1 aromatic carbocycles. The first-order valence-corrected chi connectivity index (χ1v) is 10.5. The quantitative estimate of drug-likeness (QED) is 0.276. The van der Waals surface area contributed by atoms with Crippen molar-refractivity contribution in [2.24, 2.45) is 11.8 Å². The number of nitrogens with one attached hydrogen (secondary N) is 2. The fourth-order valence-corrected chi connectivity index (χ4v) is 3.46. The molecule has 32 heavy (non-hydrogen) atoms. The third-order valence-corrected chi connectivity index (χ3v) is 5.66. The molecule has 0 aromatic heterocycles. The summed E-state index contributed by atoms with van der Waals surface area (Å²) >= 11 is 0. The molecule has 0 aliphatic carbocycles. The van der Waals surface area contributed by atoms with Crippen LogP contribution in [-0.2, 0) is 23.9 Å². The first-order chi connectivity index (χ1) is 15.1. The molecular weight excluding hydrogens is 420 g/mol. The van der Waals surface area contributed by atoms with E-state index in [2.05, 4.69) is 10.6 Å². The third-order valence-electron chi connectivity index (χ3n) is 5.66. The molecule has 6 atom stereocenters. The zero-order chi connectivity index (χ0) is 24.0. The van der Waals surface area contributed by atoms with Gasteiger partial charge in [-0.3, -0.25) is 14.4 Å². The second kappa shape index (κ2) is 10.9. The van der Waals surface area contributed by atoms with Crippen LogP contribution >= 0.6 is 0 Å². The fourth-order valence-electron chi connectivity index (χ4n) is 3.46. The van der Waals surface area contributed by atoms with Crippen LogP contribution in [0.2, 0.25) is 0 Å². The van der Waals surface area contributed by atoms with Gasteiger partial charge < -0.3 is 30.3 Å². The van der Waals surface area contributed by atoms with E-state index in [1.807, 2.05) is 13.8 Å². The minimum Gasteiger partial charge on any atom is -0.505 e.